The molecule has 0 spiro atoms. The highest BCUT2D eigenvalue weighted by Gasteiger charge is 2.14. The average Bonchev–Trinajstić information content (AvgIpc) is 2.78. The van der Waals surface area contributed by atoms with Gasteiger partial charge in [-0.25, -0.2) is 17.2 Å². The van der Waals surface area contributed by atoms with Crippen LogP contribution >= 0.6 is 0 Å². The van der Waals surface area contributed by atoms with Crippen molar-refractivity contribution in [1.29, 1.82) is 0 Å². The van der Waals surface area contributed by atoms with Crippen LogP contribution in [0.2, 0.25) is 0 Å². The molecular weight excluding hydrogens is 274 g/mol. The van der Waals surface area contributed by atoms with Crippen LogP contribution in [0.15, 0.2) is 29.4 Å². The number of sulfone groups is 1. The van der Waals surface area contributed by atoms with Crippen molar-refractivity contribution >= 4 is 9.84 Å². The molecule has 1 heterocycles. The lowest BCUT2D eigenvalue weighted by molar-refractivity contribution is 0.528. The standard InChI is InChI=1S/C12H12F2N2O2S/c1-8-3-4-11(13)10(12(8)14)7-16-6-9(5-15-16)19(2,17)18/h3-6H,7H2,1-2H3. The van der Waals surface area contributed by atoms with Crippen LogP contribution in [-0.2, 0) is 16.4 Å². The smallest absolute Gasteiger partial charge is 0.178 e. The second-order valence-corrected chi connectivity index (χ2v) is 6.32. The fourth-order valence-electron chi connectivity index (χ4n) is 1.64. The van der Waals surface area contributed by atoms with E-state index in [1.807, 2.05) is 0 Å². The van der Waals surface area contributed by atoms with E-state index < -0.39 is 21.5 Å². The molecule has 0 saturated carbocycles. The van der Waals surface area contributed by atoms with Crippen molar-refractivity contribution in [3.8, 4) is 0 Å². The van der Waals surface area contributed by atoms with Gasteiger partial charge in [-0.1, -0.05) is 6.07 Å². The van der Waals surface area contributed by atoms with E-state index in [-0.39, 0.29) is 17.0 Å². The Hall–Kier alpha value is -1.76. The van der Waals surface area contributed by atoms with Crippen molar-refractivity contribution in [2.45, 2.75) is 18.4 Å². The van der Waals surface area contributed by atoms with Crippen LogP contribution in [0.3, 0.4) is 0 Å². The molecular formula is C12H12F2N2O2S. The van der Waals surface area contributed by atoms with Gasteiger partial charge in [0, 0.05) is 18.0 Å². The number of hydrogen-bond donors (Lipinski definition) is 0. The van der Waals surface area contributed by atoms with E-state index in [2.05, 4.69) is 5.10 Å². The zero-order chi connectivity index (χ0) is 14.2. The third-order valence-electron chi connectivity index (χ3n) is 2.74. The highest BCUT2D eigenvalue weighted by molar-refractivity contribution is 7.90. The number of rotatable bonds is 3. The summed E-state index contributed by atoms with van der Waals surface area (Å²) < 4.78 is 51.1. The van der Waals surface area contributed by atoms with Gasteiger partial charge in [0.1, 0.15) is 16.5 Å². The first-order valence-corrected chi connectivity index (χ1v) is 7.34. The first kappa shape index (κ1) is 13.7. The Morgan fingerprint density at radius 3 is 2.58 bits per heavy atom. The van der Waals surface area contributed by atoms with Crippen molar-refractivity contribution < 1.29 is 17.2 Å². The van der Waals surface area contributed by atoms with Crippen LogP contribution in [0.5, 0.6) is 0 Å². The predicted octanol–water partition coefficient (Wildman–Crippen LogP) is 1.92. The van der Waals surface area contributed by atoms with Gasteiger partial charge < -0.3 is 0 Å². The van der Waals surface area contributed by atoms with E-state index in [0.717, 1.165) is 12.5 Å². The summed E-state index contributed by atoms with van der Waals surface area (Å²) in [5, 5.41) is 3.79. The molecule has 0 fully saturated rings. The minimum absolute atomic E-state index is 0.0148. The fraction of sp³-hybridized carbons (Fsp3) is 0.250. The van der Waals surface area contributed by atoms with Gasteiger partial charge in [0.15, 0.2) is 9.84 Å². The number of hydrogen-bond acceptors (Lipinski definition) is 3. The Morgan fingerprint density at radius 1 is 1.32 bits per heavy atom. The Labute approximate surface area is 109 Å². The van der Waals surface area contributed by atoms with E-state index in [1.165, 1.54) is 29.9 Å². The summed E-state index contributed by atoms with van der Waals surface area (Å²) in [6.07, 6.45) is 3.44. The molecule has 0 unspecified atom stereocenters. The number of aromatic nitrogens is 2. The summed E-state index contributed by atoms with van der Waals surface area (Å²) >= 11 is 0. The quantitative estimate of drug-likeness (QED) is 0.866. The van der Waals surface area contributed by atoms with Crippen molar-refractivity contribution in [2.75, 3.05) is 6.26 Å². The second kappa shape index (κ2) is 4.73. The molecule has 7 heteroatoms. The van der Waals surface area contributed by atoms with Gasteiger partial charge in [0.25, 0.3) is 0 Å². The van der Waals surface area contributed by atoms with Gasteiger partial charge in [0.2, 0.25) is 0 Å². The normalized spacial score (nSPS) is 11.8. The van der Waals surface area contributed by atoms with Crippen LogP contribution in [-0.4, -0.2) is 24.5 Å². The molecule has 0 amide bonds. The Morgan fingerprint density at radius 2 is 2.00 bits per heavy atom. The highest BCUT2D eigenvalue weighted by atomic mass is 32.2. The van der Waals surface area contributed by atoms with Gasteiger partial charge in [-0.2, -0.15) is 5.10 Å². The maximum Gasteiger partial charge on any atom is 0.178 e. The predicted molar refractivity (Wildman–Crippen MR) is 65.5 cm³/mol. The number of halogens is 2. The summed E-state index contributed by atoms with van der Waals surface area (Å²) in [6, 6.07) is 2.52. The van der Waals surface area contributed by atoms with Gasteiger partial charge in [-0.05, 0) is 18.6 Å². The molecule has 2 aromatic rings. The molecule has 0 saturated heterocycles. The molecule has 19 heavy (non-hydrogen) atoms. The van der Waals surface area contributed by atoms with E-state index in [1.54, 1.807) is 0 Å². The molecule has 0 radical (unpaired) electrons. The monoisotopic (exact) mass is 286 g/mol. The molecule has 2 rings (SSSR count). The van der Waals surface area contributed by atoms with Crippen LogP contribution in [0.25, 0.3) is 0 Å². The topological polar surface area (TPSA) is 52.0 Å². The first-order valence-electron chi connectivity index (χ1n) is 5.45. The van der Waals surface area contributed by atoms with Gasteiger partial charge in [0.05, 0.1) is 12.7 Å². The first-order chi connectivity index (χ1) is 8.79. The Balaban J connectivity index is 2.37. The molecule has 1 aromatic heterocycles. The van der Waals surface area contributed by atoms with E-state index >= 15 is 0 Å². The minimum atomic E-state index is -3.37. The zero-order valence-corrected chi connectivity index (χ0v) is 11.2. The van der Waals surface area contributed by atoms with Crippen molar-refractivity contribution in [1.82, 2.24) is 9.78 Å². The van der Waals surface area contributed by atoms with E-state index in [4.69, 9.17) is 0 Å². The van der Waals surface area contributed by atoms with Crippen molar-refractivity contribution in [3.63, 3.8) is 0 Å². The SMILES string of the molecule is Cc1ccc(F)c(Cn2cc(S(C)(=O)=O)cn2)c1F. The molecule has 0 aliphatic rings. The maximum absolute atomic E-state index is 13.8. The second-order valence-electron chi connectivity index (χ2n) is 4.30. The van der Waals surface area contributed by atoms with E-state index in [0.29, 0.717) is 5.56 Å². The van der Waals surface area contributed by atoms with Crippen LogP contribution in [0.1, 0.15) is 11.1 Å². The zero-order valence-electron chi connectivity index (χ0n) is 10.4. The third kappa shape index (κ3) is 2.81. The number of benzene rings is 1. The van der Waals surface area contributed by atoms with Gasteiger partial charge in [-0.15, -0.1) is 0 Å². The maximum atomic E-state index is 13.8. The van der Waals surface area contributed by atoms with Crippen LogP contribution in [0, 0.1) is 18.6 Å². The summed E-state index contributed by atoms with van der Waals surface area (Å²) in [5.41, 5.74) is 0.190. The third-order valence-corrected chi connectivity index (χ3v) is 3.80. The summed E-state index contributed by atoms with van der Waals surface area (Å²) in [7, 11) is -3.37. The molecule has 0 atom stereocenters. The van der Waals surface area contributed by atoms with E-state index in [9.17, 15) is 17.2 Å². The van der Waals surface area contributed by atoms with Crippen molar-refractivity contribution in [2.24, 2.45) is 0 Å². The summed E-state index contributed by atoms with van der Waals surface area (Å²) in [6.45, 7) is 1.37. The van der Waals surface area contributed by atoms with Crippen LogP contribution < -0.4 is 0 Å². The van der Waals surface area contributed by atoms with Gasteiger partial charge in [-0.3, -0.25) is 4.68 Å². The fourth-order valence-corrected chi connectivity index (χ4v) is 2.20. The molecule has 0 bridgehead atoms. The molecule has 4 nitrogen and oxygen atoms in total. The van der Waals surface area contributed by atoms with Crippen LogP contribution in [0.4, 0.5) is 8.78 Å². The molecule has 1 aromatic carbocycles. The molecule has 0 aliphatic heterocycles. The van der Waals surface area contributed by atoms with Gasteiger partial charge >= 0.3 is 0 Å². The highest BCUT2D eigenvalue weighted by Crippen LogP contribution is 2.18. The Kier molecular flexibility index (Phi) is 3.40. The Bertz CT molecular complexity index is 723. The average molecular weight is 286 g/mol. The number of nitrogens with zero attached hydrogens (tertiary/aromatic N) is 2. The molecule has 0 aliphatic carbocycles. The largest absolute Gasteiger partial charge is 0.267 e. The summed E-state index contributed by atoms with van der Waals surface area (Å²) in [5.74, 6) is -1.32. The molecule has 0 N–H and O–H groups in total. The molecule has 102 valence electrons. The van der Waals surface area contributed by atoms with Crippen molar-refractivity contribution in [3.05, 3.63) is 47.3 Å². The minimum Gasteiger partial charge on any atom is -0.267 e. The lowest BCUT2D eigenvalue weighted by Crippen LogP contribution is -2.06. The lowest BCUT2D eigenvalue weighted by Gasteiger charge is -2.07. The lowest BCUT2D eigenvalue weighted by atomic mass is 10.1. The number of aryl methyl sites for hydroxylation is 1. The summed E-state index contributed by atoms with van der Waals surface area (Å²) in [4.78, 5) is 0.0148.